The van der Waals surface area contributed by atoms with Gasteiger partial charge in [0.05, 0.1) is 7.11 Å². The number of fused-ring (bicyclic) bond motifs is 1. The fraction of sp³-hybridized carbons (Fsp3) is 0.200. The van der Waals surface area contributed by atoms with E-state index in [2.05, 4.69) is 16.4 Å². The number of carbonyl (C=O) groups is 1. The van der Waals surface area contributed by atoms with Gasteiger partial charge in [-0.3, -0.25) is 4.99 Å². The summed E-state index contributed by atoms with van der Waals surface area (Å²) < 4.78 is 4.60. The molecule has 98 valence electrons. The molecule has 4 nitrogen and oxygen atoms in total. The summed E-state index contributed by atoms with van der Waals surface area (Å²) in [6, 6.07) is 12.3. The Morgan fingerprint density at radius 2 is 1.95 bits per heavy atom. The van der Waals surface area contributed by atoms with Crippen LogP contribution in [0.5, 0.6) is 0 Å². The monoisotopic (exact) mass is 257 g/mol. The number of methoxy groups -OCH3 is 1. The first-order valence-electron chi connectivity index (χ1n) is 5.88. The normalized spacial score (nSPS) is 13.8. The first-order chi connectivity index (χ1) is 9.17. The van der Waals surface area contributed by atoms with Crippen LogP contribution in [-0.2, 0) is 9.53 Å². The number of aliphatic imine (C=N–C) groups is 1. The predicted molar refractivity (Wildman–Crippen MR) is 74.3 cm³/mol. The molecule has 2 aromatic rings. The van der Waals surface area contributed by atoms with Crippen LogP contribution in [0.4, 0.5) is 0 Å². The van der Waals surface area contributed by atoms with Crippen LogP contribution >= 0.6 is 0 Å². The molecule has 1 N–H and O–H groups in total. The molecule has 2 unspecified atom stereocenters. The SMILES string of the molecule is C=NC(C(=O)OC)C(O)c1ccc2ccccc2c1. The highest BCUT2D eigenvalue weighted by Gasteiger charge is 2.27. The van der Waals surface area contributed by atoms with Crippen LogP contribution in [0.15, 0.2) is 47.5 Å². The van der Waals surface area contributed by atoms with Gasteiger partial charge < -0.3 is 9.84 Å². The molecular weight excluding hydrogens is 242 g/mol. The first kappa shape index (κ1) is 13.2. The van der Waals surface area contributed by atoms with Gasteiger partial charge in [0.1, 0.15) is 6.10 Å². The molecule has 0 aromatic heterocycles. The van der Waals surface area contributed by atoms with Crippen LogP contribution in [0.1, 0.15) is 11.7 Å². The Morgan fingerprint density at radius 3 is 2.58 bits per heavy atom. The van der Waals surface area contributed by atoms with Crippen molar-refractivity contribution in [2.45, 2.75) is 12.1 Å². The maximum Gasteiger partial charge on any atom is 0.333 e. The molecule has 2 rings (SSSR count). The smallest absolute Gasteiger partial charge is 0.333 e. The largest absolute Gasteiger partial charge is 0.467 e. The summed E-state index contributed by atoms with van der Waals surface area (Å²) in [5.74, 6) is -0.601. The van der Waals surface area contributed by atoms with Crippen molar-refractivity contribution in [3.8, 4) is 0 Å². The Bertz CT molecular complexity index is 609. The minimum atomic E-state index is -1.06. The number of esters is 1. The molecule has 0 spiro atoms. The number of rotatable bonds is 4. The van der Waals surface area contributed by atoms with Gasteiger partial charge in [0.25, 0.3) is 0 Å². The van der Waals surface area contributed by atoms with E-state index in [-0.39, 0.29) is 0 Å². The summed E-state index contributed by atoms with van der Waals surface area (Å²) in [7, 11) is 1.26. The van der Waals surface area contributed by atoms with Crippen LogP contribution in [0.2, 0.25) is 0 Å². The molecule has 0 fully saturated rings. The maximum atomic E-state index is 11.5. The minimum absolute atomic E-state index is 0.601. The highest BCUT2D eigenvalue weighted by atomic mass is 16.5. The predicted octanol–water partition coefficient (Wildman–Crippen LogP) is 2.12. The van der Waals surface area contributed by atoms with Gasteiger partial charge in [0, 0.05) is 0 Å². The van der Waals surface area contributed by atoms with E-state index in [1.54, 1.807) is 6.07 Å². The molecular formula is C15H15NO3. The number of aliphatic hydroxyl groups is 1. The zero-order valence-electron chi connectivity index (χ0n) is 10.6. The number of hydrogen-bond acceptors (Lipinski definition) is 4. The van der Waals surface area contributed by atoms with Crippen molar-refractivity contribution in [1.29, 1.82) is 0 Å². The lowest BCUT2D eigenvalue weighted by Crippen LogP contribution is -2.27. The molecule has 2 aromatic carbocycles. The number of nitrogens with zero attached hydrogens (tertiary/aromatic N) is 1. The van der Waals surface area contributed by atoms with Gasteiger partial charge in [-0.1, -0.05) is 36.4 Å². The summed E-state index contributed by atoms with van der Waals surface area (Å²) in [5, 5.41) is 12.3. The van der Waals surface area contributed by atoms with E-state index in [1.165, 1.54) is 7.11 Å². The summed E-state index contributed by atoms with van der Waals surface area (Å²) in [6.45, 7) is 3.33. The van der Waals surface area contributed by atoms with Crippen molar-refractivity contribution in [2.75, 3.05) is 7.11 Å². The Morgan fingerprint density at radius 1 is 1.26 bits per heavy atom. The standard InChI is InChI=1S/C15H15NO3/c1-16-13(15(18)19-2)14(17)12-8-7-10-5-3-4-6-11(10)9-12/h3-9,13-14,17H,1H2,2H3. The maximum absolute atomic E-state index is 11.5. The van der Waals surface area contributed by atoms with Crippen molar-refractivity contribution in [3.05, 3.63) is 48.0 Å². The van der Waals surface area contributed by atoms with Gasteiger partial charge in [-0.2, -0.15) is 0 Å². The van der Waals surface area contributed by atoms with Crippen molar-refractivity contribution in [2.24, 2.45) is 4.99 Å². The van der Waals surface area contributed by atoms with Crippen molar-refractivity contribution in [1.82, 2.24) is 0 Å². The van der Waals surface area contributed by atoms with E-state index in [4.69, 9.17) is 0 Å². The molecule has 4 heteroatoms. The molecule has 0 radical (unpaired) electrons. The zero-order valence-corrected chi connectivity index (χ0v) is 10.6. The van der Waals surface area contributed by atoms with Gasteiger partial charge >= 0.3 is 5.97 Å². The van der Waals surface area contributed by atoms with Crippen molar-refractivity contribution >= 4 is 23.5 Å². The molecule has 0 saturated heterocycles. The Kier molecular flexibility index (Phi) is 3.92. The quantitative estimate of drug-likeness (QED) is 0.674. The van der Waals surface area contributed by atoms with Gasteiger partial charge in [0.15, 0.2) is 6.04 Å². The highest BCUT2D eigenvalue weighted by molar-refractivity contribution is 5.83. The average Bonchev–Trinajstić information content (AvgIpc) is 2.47. The average molecular weight is 257 g/mol. The molecule has 0 bridgehead atoms. The second kappa shape index (κ2) is 5.63. The topological polar surface area (TPSA) is 58.9 Å². The van der Waals surface area contributed by atoms with Gasteiger partial charge in [0.2, 0.25) is 0 Å². The number of carbonyl (C=O) groups excluding carboxylic acids is 1. The van der Waals surface area contributed by atoms with E-state index in [0.29, 0.717) is 5.56 Å². The summed E-state index contributed by atoms with van der Waals surface area (Å²) >= 11 is 0. The molecule has 0 aliphatic rings. The van der Waals surface area contributed by atoms with Crippen molar-refractivity contribution < 1.29 is 14.6 Å². The van der Waals surface area contributed by atoms with E-state index in [9.17, 15) is 9.90 Å². The molecule has 0 aliphatic carbocycles. The molecule has 0 amide bonds. The minimum Gasteiger partial charge on any atom is -0.467 e. The number of ether oxygens (including phenoxy) is 1. The van der Waals surface area contributed by atoms with E-state index < -0.39 is 18.1 Å². The summed E-state index contributed by atoms with van der Waals surface area (Å²) in [4.78, 5) is 15.1. The van der Waals surface area contributed by atoms with Gasteiger partial charge in [-0.25, -0.2) is 4.79 Å². The fourth-order valence-corrected chi connectivity index (χ4v) is 2.00. The van der Waals surface area contributed by atoms with E-state index in [0.717, 1.165) is 10.8 Å². The summed E-state index contributed by atoms with van der Waals surface area (Å²) in [6.07, 6.45) is -1.06. The molecule has 0 aliphatic heterocycles. The number of aliphatic hydroxyl groups excluding tert-OH is 1. The molecule has 0 saturated carbocycles. The number of benzene rings is 2. The van der Waals surface area contributed by atoms with Crippen LogP contribution in [0.25, 0.3) is 10.8 Å². The second-order valence-corrected chi connectivity index (χ2v) is 4.20. The van der Waals surface area contributed by atoms with Crippen LogP contribution < -0.4 is 0 Å². The lowest BCUT2D eigenvalue weighted by molar-refractivity contribution is -0.144. The third-order valence-electron chi connectivity index (χ3n) is 3.05. The lowest BCUT2D eigenvalue weighted by atomic mass is 9.99. The van der Waals surface area contributed by atoms with E-state index in [1.807, 2.05) is 36.4 Å². The van der Waals surface area contributed by atoms with Crippen LogP contribution in [-0.4, -0.2) is 30.9 Å². The van der Waals surface area contributed by atoms with Crippen LogP contribution in [0, 0.1) is 0 Å². The van der Waals surface area contributed by atoms with Gasteiger partial charge in [-0.15, -0.1) is 0 Å². The third-order valence-corrected chi connectivity index (χ3v) is 3.05. The second-order valence-electron chi connectivity index (χ2n) is 4.20. The zero-order chi connectivity index (χ0) is 13.8. The third kappa shape index (κ3) is 2.63. The fourth-order valence-electron chi connectivity index (χ4n) is 2.00. The van der Waals surface area contributed by atoms with Crippen molar-refractivity contribution in [3.63, 3.8) is 0 Å². The van der Waals surface area contributed by atoms with Crippen LogP contribution in [0.3, 0.4) is 0 Å². The van der Waals surface area contributed by atoms with E-state index >= 15 is 0 Å². The highest BCUT2D eigenvalue weighted by Crippen LogP contribution is 2.24. The molecule has 2 atom stereocenters. The first-order valence-corrected chi connectivity index (χ1v) is 5.88. The summed E-state index contributed by atoms with van der Waals surface area (Å²) in [5.41, 5.74) is 0.613. The Hall–Kier alpha value is -2.20. The molecule has 19 heavy (non-hydrogen) atoms. The number of hydrogen-bond donors (Lipinski definition) is 1. The lowest BCUT2D eigenvalue weighted by Gasteiger charge is -2.17. The Balaban J connectivity index is 2.37. The van der Waals surface area contributed by atoms with Gasteiger partial charge in [-0.05, 0) is 29.1 Å². The Labute approximate surface area is 111 Å². The molecule has 0 heterocycles.